The van der Waals surface area contributed by atoms with E-state index in [1.54, 1.807) is 18.0 Å². The van der Waals surface area contributed by atoms with Gasteiger partial charge < -0.3 is 15.7 Å². The molecule has 18 heavy (non-hydrogen) atoms. The number of fused-ring (bicyclic) bond motifs is 1. The van der Waals surface area contributed by atoms with Crippen LogP contribution in [0.15, 0.2) is 35.7 Å². The van der Waals surface area contributed by atoms with Gasteiger partial charge in [-0.1, -0.05) is 11.8 Å². The quantitative estimate of drug-likeness (QED) is 0.495. The minimum absolute atomic E-state index is 0.752. The van der Waals surface area contributed by atoms with Gasteiger partial charge in [0.1, 0.15) is 5.82 Å². The third-order valence-electron chi connectivity index (χ3n) is 2.61. The smallest absolute Gasteiger partial charge is 0.165 e. The minimum atomic E-state index is 0.752. The van der Waals surface area contributed by atoms with Crippen LogP contribution in [0.4, 0.5) is 5.69 Å². The van der Waals surface area contributed by atoms with Gasteiger partial charge in [0.15, 0.2) is 5.16 Å². The standard InChI is InChI=1S/C12H13N5S/c13-8-1-2-9-10(7-8)17-11(16-9)3-6-18-12-14-4-5-15-12/h1-2,4-5,7H,3,6,13H2,(H,14,15)(H,16,17). The summed E-state index contributed by atoms with van der Waals surface area (Å²) in [5.41, 5.74) is 8.44. The third kappa shape index (κ3) is 2.33. The van der Waals surface area contributed by atoms with Crippen molar-refractivity contribution in [1.82, 2.24) is 19.9 Å². The molecule has 2 heterocycles. The van der Waals surface area contributed by atoms with Crippen LogP contribution in [0.2, 0.25) is 0 Å². The van der Waals surface area contributed by atoms with E-state index in [9.17, 15) is 0 Å². The second-order valence-corrected chi connectivity index (χ2v) is 5.04. The van der Waals surface area contributed by atoms with Gasteiger partial charge in [0.05, 0.1) is 11.0 Å². The number of aryl methyl sites for hydroxylation is 1. The molecule has 0 radical (unpaired) electrons. The van der Waals surface area contributed by atoms with Crippen LogP contribution in [0.25, 0.3) is 11.0 Å². The van der Waals surface area contributed by atoms with E-state index >= 15 is 0 Å². The predicted octanol–water partition coefficient (Wildman–Crippen LogP) is 2.20. The second kappa shape index (κ2) is 4.73. The van der Waals surface area contributed by atoms with Crippen molar-refractivity contribution in [3.63, 3.8) is 0 Å². The molecule has 0 unspecified atom stereocenters. The molecule has 0 aliphatic carbocycles. The highest BCUT2D eigenvalue weighted by molar-refractivity contribution is 7.99. The summed E-state index contributed by atoms with van der Waals surface area (Å²) >= 11 is 1.68. The first-order chi connectivity index (χ1) is 8.81. The Morgan fingerprint density at radius 3 is 3.11 bits per heavy atom. The van der Waals surface area contributed by atoms with Crippen molar-refractivity contribution in [2.45, 2.75) is 11.6 Å². The van der Waals surface area contributed by atoms with Gasteiger partial charge in [0, 0.05) is 30.3 Å². The van der Waals surface area contributed by atoms with Gasteiger partial charge in [-0.2, -0.15) is 0 Å². The Balaban J connectivity index is 1.67. The molecule has 92 valence electrons. The first-order valence-corrected chi connectivity index (χ1v) is 6.66. The summed E-state index contributed by atoms with van der Waals surface area (Å²) in [5, 5.41) is 0.940. The molecule has 0 aliphatic heterocycles. The van der Waals surface area contributed by atoms with Gasteiger partial charge in [0.25, 0.3) is 0 Å². The number of benzene rings is 1. The van der Waals surface area contributed by atoms with Crippen molar-refractivity contribution >= 4 is 28.5 Å². The second-order valence-electron chi connectivity index (χ2n) is 3.95. The zero-order chi connectivity index (χ0) is 12.4. The number of nitrogens with two attached hydrogens (primary N) is 1. The number of nitrogens with zero attached hydrogens (tertiary/aromatic N) is 2. The van der Waals surface area contributed by atoms with Crippen molar-refractivity contribution in [2.24, 2.45) is 0 Å². The normalized spacial score (nSPS) is 11.1. The first-order valence-electron chi connectivity index (χ1n) is 5.67. The van der Waals surface area contributed by atoms with E-state index in [-0.39, 0.29) is 0 Å². The highest BCUT2D eigenvalue weighted by Gasteiger charge is 2.03. The summed E-state index contributed by atoms with van der Waals surface area (Å²) in [5.74, 6) is 1.91. The van der Waals surface area contributed by atoms with Crippen LogP contribution in [0.1, 0.15) is 5.82 Å². The van der Waals surface area contributed by atoms with Crippen LogP contribution in [0.3, 0.4) is 0 Å². The lowest BCUT2D eigenvalue weighted by atomic mass is 10.3. The molecule has 0 spiro atoms. The number of imidazole rings is 2. The zero-order valence-corrected chi connectivity index (χ0v) is 10.5. The molecule has 5 nitrogen and oxygen atoms in total. The van der Waals surface area contributed by atoms with Gasteiger partial charge in [0.2, 0.25) is 0 Å². The molecule has 4 N–H and O–H groups in total. The Morgan fingerprint density at radius 1 is 1.33 bits per heavy atom. The van der Waals surface area contributed by atoms with E-state index in [4.69, 9.17) is 5.73 Å². The molecule has 0 bridgehead atoms. The number of aromatic nitrogens is 4. The van der Waals surface area contributed by atoms with Gasteiger partial charge in [-0.3, -0.25) is 0 Å². The third-order valence-corrected chi connectivity index (χ3v) is 3.51. The molecular weight excluding hydrogens is 246 g/mol. The highest BCUT2D eigenvalue weighted by atomic mass is 32.2. The molecule has 0 saturated carbocycles. The molecule has 2 aromatic heterocycles. The molecule has 0 fully saturated rings. The molecular formula is C12H13N5S. The molecule has 1 aromatic carbocycles. The highest BCUT2D eigenvalue weighted by Crippen LogP contribution is 2.17. The van der Waals surface area contributed by atoms with E-state index in [0.29, 0.717) is 0 Å². The maximum absolute atomic E-state index is 5.73. The van der Waals surface area contributed by atoms with E-state index in [1.807, 2.05) is 24.4 Å². The van der Waals surface area contributed by atoms with Crippen LogP contribution in [0.5, 0.6) is 0 Å². The van der Waals surface area contributed by atoms with Crippen molar-refractivity contribution in [3.05, 3.63) is 36.4 Å². The van der Waals surface area contributed by atoms with Crippen LogP contribution in [0, 0.1) is 0 Å². The number of thioether (sulfide) groups is 1. The van der Waals surface area contributed by atoms with E-state index < -0.39 is 0 Å². The fraction of sp³-hybridized carbons (Fsp3) is 0.167. The van der Waals surface area contributed by atoms with E-state index in [1.165, 1.54) is 0 Å². The van der Waals surface area contributed by atoms with Gasteiger partial charge in [-0.25, -0.2) is 9.97 Å². The van der Waals surface area contributed by atoms with Gasteiger partial charge in [-0.05, 0) is 18.2 Å². The molecule has 3 rings (SSSR count). The van der Waals surface area contributed by atoms with Crippen molar-refractivity contribution in [1.29, 1.82) is 0 Å². The lowest BCUT2D eigenvalue weighted by molar-refractivity contribution is 0.997. The summed E-state index contributed by atoms with van der Waals surface area (Å²) in [4.78, 5) is 15.0. The predicted molar refractivity (Wildman–Crippen MR) is 73.5 cm³/mol. The minimum Gasteiger partial charge on any atom is -0.399 e. The number of nitrogens with one attached hydrogen (secondary N) is 2. The summed E-state index contributed by atoms with van der Waals surface area (Å²) in [6.07, 6.45) is 4.46. The lowest BCUT2D eigenvalue weighted by Gasteiger charge is -1.95. The van der Waals surface area contributed by atoms with Gasteiger partial charge >= 0.3 is 0 Å². The van der Waals surface area contributed by atoms with Gasteiger partial charge in [-0.15, -0.1) is 0 Å². The molecule has 3 aromatic rings. The molecule has 0 amide bonds. The van der Waals surface area contributed by atoms with Crippen LogP contribution < -0.4 is 5.73 Å². The van der Waals surface area contributed by atoms with E-state index in [2.05, 4.69) is 19.9 Å². The van der Waals surface area contributed by atoms with Crippen molar-refractivity contribution < 1.29 is 0 Å². The Kier molecular flexibility index (Phi) is 2.93. The number of hydrogen-bond donors (Lipinski definition) is 3. The molecule has 0 aliphatic rings. The topological polar surface area (TPSA) is 83.4 Å². The lowest BCUT2D eigenvalue weighted by Crippen LogP contribution is -1.91. The first kappa shape index (κ1) is 11.2. The summed E-state index contributed by atoms with van der Waals surface area (Å²) in [6.45, 7) is 0. The SMILES string of the molecule is Nc1ccc2nc(CCSc3ncc[nH]3)[nH]c2c1. The summed E-state index contributed by atoms with van der Waals surface area (Å²) in [6, 6.07) is 5.71. The Labute approximate surface area is 108 Å². The Morgan fingerprint density at radius 2 is 2.28 bits per heavy atom. The molecule has 6 heteroatoms. The number of nitrogen functional groups attached to an aromatic ring is 1. The number of rotatable bonds is 4. The van der Waals surface area contributed by atoms with Crippen LogP contribution in [-0.2, 0) is 6.42 Å². The zero-order valence-electron chi connectivity index (χ0n) is 9.68. The van der Waals surface area contributed by atoms with Crippen molar-refractivity contribution in [2.75, 3.05) is 11.5 Å². The summed E-state index contributed by atoms with van der Waals surface area (Å²) in [7, 11) is 0. The average Bonchev–Trinajstić information content (AvgIpc) is 2.97. The maximum atomic E-state index is 5.73. The Bertz CT molecular complexity index is 644. The Hall–Kier alpha value is -1.95. The largest absolute Gasteiger partial charge is 0.399 e. The maximum Gasteiger partial charge on any atom is 0.165 e. The average molecular weight is 259 g/mol. The van der Waals surface area contributed by atoms with Crippen LogP contribution >= 0.6 is 11.8 Å². The molecule has 0 saturated heterocycles. The monoisotopic (exact) mass is 259 g/mol. The van der Waals surface area contributed by atoms with Crippen LogP contribution in [-0.4, -0.2) is 25.7 Å². The number of anilines is 1. The number of hydrogen-bond acceptors (Lipinski definition) is 4. The number of H-pyrrole nitrogens is 2. The number of aromatic amines is 2. The molecule has 0 atom stereocenters. The summed E-state index contributed by atoms with van der Waals surface area (Å²) < 4.78 is 0. The van der Waals surface area contributed by atoms with Crippen molar-refractivity contribution in [3.8, 4) is 0 Å². The fourth-order valence-electron chi connectivity index (χ4n) is 1.77. The fourth-order valence-corrected chi connectivity index (χ4v) is 2.55. The van der Waals surface area contributed by atoms with E-state index in [0.717, 1.165) is 39.9 Å².